The van der Waals surface area contributed by atoms with Gasteiger partial charge in [0.05, 0.1) is 6.10 Å². The lowest BCUT2D eigenvalue weighted by molar-refractivity contribution is 0.147. The molecular formula is C17H38O. The van der Waals surface area contributed by atoms with Crippen LogP contribution in [0.5, 0.6) is 0 Å². The van der Waals surface area contributed by atoms with Gasteiger partial charge in [-0.3, -0.25) is 0 Å². The van der Waals surface area contributed by atoms with Gasteiger partial charge < -0.3 is 5.11 Å². The molecule has 112 valence electrons. The molecule has 0 amide bonds. The van der Waals surface area contributed by atoms with Crippen molar-refractivity contribution in [1.29, 1.82) is 0 Å². The molecule has 18 heavy (non-hydrogen) atoms. The zero-order valence-electron chi connectivity index (χ0n) is 12.4. The highest BCUT2D eigenvalue weighted by atomic mass is 16.3. The van der Waals surface area contributed by atoms with Crippen LogP contribution in [0.25, 0.3) is 0 Å². The van der Waals surface area contributed by atoms with E-state index in [1.54, 1.807) is 0 Å². The molecule has 0 saturated heterocycles. The Labute approximate surface area is 116 Å². The SMILES string of the molecule is C.CCCCCCCC(O)CCCCCC(C)C. The van der Waals surface area contributed by atoms with Crippen molar-refractivity contribution in [3.63, 3.8) is 0 Å². The van der Waals surface area contributed by atoms with Gasteiger partial charge in [0.25, 0.3) is 0 Å². The van der Waals surface area contributed by atoms with E-state index in [1.165, 1.54) is 57.8 Å². The van der Waals surface area contributed by atoms with Crippen LogP contribution in [0.3, 0.4) is 0 Å². The van der Waals surface area contributed by atoms with Gasteiger partial charge in [0.15, 0.2) is 0 Å². The highest BCUT2D eigenvalue weighted by Crippen LogP contribution is 2.14. The van der Waals surface area contributed by atoms with Crippen molar-refractivity contribution in [1.82, 2.24) is 0 Å². The molecule has 0 aliphatic heterocycles. The summed E-state index contributed by atoms with van der Waals surface area (Å²) in [5.74, 6) is 0.832. The molecule has 0 rings (SSSR count). The third kappa shape index (κ3) is 16.0. The smallest absolute Gasteiger partial charge is 0.0540 e. The zero-order valence-corrected chi connectivity index (χ0v) is 12.4. The van der Waals surface area contributed by atoms with E-state index >= 15 is 0 Å². The van der Waals surface area contributed by atoms with E-state index in [4.69, 9.17) is 0 Å². The Morgan fingerprint density at radius 2 is 1.17 bits per heavy atom. The molecule has 1 nitrogen and oxygen atoms in total. The molecule has 0 aromatic heterocycles. The summed E-state index contributed by atoms with van der Waals surface area (Å²) in [5.41, 5.74) is 0. The van der Waals surface area contributed by atoms with Gasteiger partial charge in [-0.15, -0.1) is 0 Å². The van der Waals surface area contributed by atoms with Crippen LogP contribution in [0, 0.1) is 5.92 Å². The Kier molecular flexibility index (Phi) is 16.9. The van der Waals surface area contributed by atoms with Crippen LogP contribution in [0.4, 0.5) is 0 Å². The Hall–Kier alpha value is -0.0400. The van der Waals surface area contributed by atoms with Crippen LogP contribution in [0.1, 0.15) is 98.8 Å². The van der Waals surface area contributed by atoms with E-state index in [1.807, 2.05) is 0 Å². The second kappa shape index (κ2) is 15.0. The monoisotopic (exact) mass is 258 g/mol. The largest absolute Gasteiger partial charge is 0.393 e. The normalized spacial score (nSPS) is 12.5. The number of hydrogen-bond donors (Lipinski definition) is 1. The lowest BCUT2D eigenvalue weighted by Gasteiger charge is -2.10. The molecule has 1 atom stereocenters. The van der Waals surface area contributed by atoms with Gasteiger partial charge >= 0.3 is 0 Å². The summed E-state index contributed by atoms with van der Waals surface area (Å²) in [7, 11) is 0. The standard InChI is InChI=1S/C16H34O.CH4/c1-4-5-6-7-10-13-16(17)14-11-8-9-12-15(2)3;/h15-17H,4-14H2,1-3H3;1H4. The molecule has 0 aliphatic rings. The van der Waals surface area contributed by atoms with E-state index < -0.39 is 0 Å². The van der Waals surface area contributed by atoms with E-state index in [9.17, 15) is 5.11 Å². The fourth-order valence-electron chi connectivity index (χ4n) is 2.24. The lowest BCUT2D eigenvalue weighted by Crippen LogP contribution is -2.06. The second-order valence-electron chi connectivity index (χ2n) is 5.89. The van der Waals surface area contributed by atoms with Crippen LogP contribution in [0.15, 0.2) is 0 Å². The predicted molar refractivity (Wildman–Crippen MR) is 84.0 cm³/mol. The minimum absolute atomic E-state index is 0. The maximum Gasteiger partial charge on any atom is 0.0540 e. The van der Waals surface area contributed by atoms with Gasteiger partial charge in [-0.2, -0.15) is 0 Å². The molecule has 0 aromatic rings. The summed E-state index contributed by atoms with van der Waals surface area (Å²) in [4.78, 5) is 0. The fourth-order valence-corrected chi connectivity index (χ4v) is 2.24. The number of aliphatic hydroxyl groups excluding tert-OH is 1. The zero-order chi connectivity index (χ0) is 12.9. The van der Waals surface area contributed by atoms with Crippen LogP contribution in [-0.2, 0) is 0 Å². The Morgan fingerprint density at radius 3 is 1.67 bits per heavy atom. The predicted octanol–water partition coefficient (Wildman–Crippen LogP) is 5.95. The van der Waals surface area contributed by atoms with Crippen LogP contribution in [0.2, 0.25) is 0 Å². The second-order valence-corrected chi connectivity index (χ2v) is 5.89. The Morgan fingerprint density at radius 1 is 0.722 bits per heavy atom. The van der Waals surface area contributed by atoms with Crippen molar-refractivity contribution in [3.8, 4) is 0 Å². The Bertz CT molecular complexity index is 143. The van der Waals surface area contributed by atoms with Gasteiger partial charge in [0.1, 0.15) is 0 Å². The molecule has 0 radical (unpaired) electrons. The van der Waals surface area contributed by atoms with Gasteiger partial charge in [-0.1, -0.05) is 86.0 Å². The maximum atomic E-state index is 9.81. The maximum absolute atomic E-state index is 9.81. The first-order chi connectivity index (χ1) is 8.16. The van der Waals surface area contributed by atoms with E-state index in [0.29, 0.717) is 0 Å². The lowest BCUT2D eigenvalue weighted by atomic mass is 10.0. The van der Waals surface area contributed by atoms with Crippen molar-refractivity contribution in [2.75, 3.05) is 0 Å². The van der Waals surface area contributed by atoms with Gasteiger partial charge in [0.2, 0.25) is 0 Å². The van der Waals surface area contributed by atoms with Crippen molar-refractivity contribution >= 4 is 0 Å². The summed E-state index contributed by atoms with van der Waals surface area (Å²) in [6, 6.07) is 0. The molecular weight excluding hydrogens is 220 g/mol. The first-order valence-electron chi connectivity index (χ1n) is 7.84. The van der Waals surface area contributed by atoms with E-state index in [2.05, 4.69) is 20.8 Å². The third-order valence-electron chi connectivity index (χ3n) is 3.46. The van der Waals surface area contributed by atoms with Crippen molar-refractivity contribution in [2.45, 2.75) is 105 Å². The molecule has 1 N–H and O–H groups in total. The minimum Gasteiger partial charge on any atom is -0.393 e. The molecule has 0 spiro atoms. The van der Waals surface area contributed by atoms with E-state index in [-0.39, 0.29) is 13.5 Å². The molecule has 0 fully saturated rings. The van der Waals surface area contributed by atoms with Crippen molar-refractivity contribution in [2.24, 2.45) is 5.92 Å². The molecule has 0 bridgehead atoms. The highest BCUT2D eigenvalue weighted by Gasteiger charge is 2.03. The molecule has 1 unspecified atom stereocenters. The van der Waals surface area contributed by atoms with Gasteiger partial charge in [-0.25, -0.2) is 0 Å². The van der Waals surface area contributed by atoms with Crippen LogP contribution >= 0.6 is 0 Å². The number of unbranched alkanes of at least 4 members (excludes halogenated alkanes) is 6. The summed E-state index contributed by atoms with van der Waals surface area (Å²) in [6.45, 7) is 6.81. The van der Waals surface area contributed by atoms with E-state index in [0.717, 1.165) is 18.8 Å². The summed E-state index contributed by atoms with van der Waals surface area (Å²) in [5, 5.41) is 9.81. The molecule has 0 heterocycles. The first kappa shape index (κ1) is 20.3. The summed E-state index contributed by atoms with van der Waals surface area (Å²) < 4.78 is 0. The third-order valence-corrected chi connectivity index (χ3v) is 3.46. The molecule has 1 heteroatoms. The quantitative estimate of drug-likeness (QED) is 0.429. The molecule has 0 saturated carbocycles. The summed E-state index contributed by atoms with van der Waals surface area (Å²) >= 11 is 0. The number of rotatable bonds is 12. The average molecular weight is 258 g/mol. The van der Waals surface area contributed by atoms with Crippen molar-refractivity contribution in [3.05, 3.63) is 0 Å². The highest BCUT2D eigenvalue weighted by molar-refractivity contribution is 4.57. The van der Waals surface area contributed by atoms with Crippen LogP contribution < -0.4 is 0 Å². The van der Waals surface area contributed by atoms with Crippen LogP contribution in [-0.4, -0.2) is 11.2 Å². The summed E-state index contributed by atoms with van der Waals surface area (Å²) in [6.07, 6.45) is 13.7. The van der Waals surface area contributed by atoms with Crippen molar-refractivity contribution < 1.29 is 5.11 Å². The van der Waals surface area contributed by atoms with Gasteiger partial charge in [-0.05, 0) is 18.8 Å². The number of aliphatic hydroxyl groups is 1. The molecule has 0 aliphatic carbocycles. The average Bonchev–Trinajstić information content (AvgIpc) is 2.28. The number of hydrogen-bond acceptors (Lipinski definition) is 1. The van der Waals surface area contributed by atoms with Gasteiger partial charge in [0, 0.05) is 0 Å². The topological polar surface area (TPSA) is 20.2 Å². The first-order valence-corrected chi connectivity index (χ1v) is 7.84. The minimum atomic E-state index is -0.0318. The molecule has 0 aromatic carbocycles. The Balaban J connectivity index is 0. The fraction of sp³-hybridized carbons (Fsp3) is 1.00.